The highest BCUT2D eigenvalue weighted by molar-refractivity contribution is 7.23. The lowest BCUT2D eigenvalue weighted by atomic mass is 10.1. The summed E-state index contributed by atoms with van der Waals surface area (Å²) in [6.45, 7) is 2.09. The molecule has 1 fully saturated rings. The Labute approximate surface area is 198 Å². The molecule has 5 N–H and O–H groups in total. The second-order valence-electron chi connectivity index (χ2n) is 7.42. The average Bonchev–Trinajstić information content (AvgIpc) is 3.53. The van der Waals surface area contributed by atoms with Gasteiger partial charge in [-0.3, -0.25) is 14.9 Å². The highest BCUT2D eigenvalue weighted by atomic mass is 32.1. The van der Waals surface area contributed by atoms with Crippen LogP contribution in [0.2, 0.25) is 0 Å². The lowest BCUT2D eigenvalue weighted by Gasteiger charge is -2.22. The summed E-state index contributed by atoms with van der Waals surface area (Å²) in [4.78, 5) is 47.1. The lowest BCUT2D eigenvalue weighted by molar-refractivity contribution is -0.134. The topological polar surface area (TPSA) is 142 Å². The Hall–Kier alpha value is -3.51. The maximum absolute atomic E-state index is 12.7. The van der Waals surface area contributed by atoms with Crippen LogP contribution < -0.4 is 21.7 Å². The summed E-state index contributed by atoms with van der Waals surface area (Å²) in [5.74, 6) is 0.0136. The summed E-state index contributed by atoms with van der Waals surface area (Å²) in [5, 5.41) is 11.0. The highest BCUT2D eigenvalue weighted by Gasteiger charge is 2.32. The molecule has 12 heteroatoms. The molecule has 1 aliphatic heterocycles. The molecule has 172 valence electrons. The number of carbonyl (C=O) groups is 3. The average molecular weight is 486 g/mol. The number of hydrogen-bond donors (Lipinski definition) is 4. The van der Waals surface area contributed by atoms with Crippen LogP contribution in [0.25, 0.3) is 21.1 Å². The van der Waals surface area contributed by atoms with E-state index in [1.165, 1.54) is 36.6 Å². The molecule has 4 rings (SSSR count). The van der Waals surface area contributed by atoms with E-state index in [-0.39, 0.29) is 17.8 Å². The number of nitrogens with one attached hydrogen (secondary N) is 3. The number of urea groups is 1. The molecule has 0 aliphatic carbocycles. The molecule has 1 saturated heterocycles. The fourth-order valence-corrected chi connectivity index (χ4v) is 5.42. The first-order valence-electron chi connectivity index (χ1n) is 10.2. The maximum Gasteiger partial charge on any atom is 0.320 e. The largest absolute Gasteiger partial charge is 0.382 e. The van der Waals surface area contributed by atoms with Crippen LogP contribution in [0.1, 0.15) is 19.8 Å². The molecular formula is C21H23N7O3S2. The van der Waals surface area contributed by atoms with E-state index in [4.69, 9.17) is 5.73 Å². The Kier molecular flexibility index (Phi) is 6.56. The minimum atomic E-state index is -0.441. The summed E-state index contributed by atoms with van der Waals surface area (Å²) in [6, 6.07) is 6.58. The minimum absolute atomic E-state index is 0.0903. The summed E-state index contributed by atoms with van der Waals surface area (Å²) < 4.78 is 0. The first kappa shape index (κ1) is 22.7. The third-order valence-corrected chi connectivity index (χ3v) is 7.17. The van der Waals surface area contributed by atoms with Crippen LogP contribution >= 0.6 is 22.7 Å². The number of anilines is 3. The quantitative estimate of drug-likeness (QED) is 0.437. The van der Waals surface area contributed by atoms with E-state index in [0.29, 0.717) is 39.5 Å². The monoisotopic (exact) mass is 485 g/mol. The van der Waals surface area contributed by atoms with E-state index >= 15 is 0 Å². The number of aromatic nitrogens is 2. The molecule has 1 aliphatic rings. The Morgan fingerprint density at radius 1 is 1.21 bits per heavy atom. The van der Waals surface area contributed by atoms with Crippen LogP contribution in [0.3, 0.4) is 0 Å². The number of hydrogen-bond acceptors (Lipinski definition) is 8. The Balaban J connectivity index is 1.50. The van der Waals surface area contributed by atoms with Gasteiger partial charge in [0.25, 0.3) is 0 Å². The fourth-order valence-electron chi connectivity index (χ4n) is 3.61. The van der Waals surface area contributed by atoms with Crippen molar-refractivity contribution in [1.82, 2.24) is 20.2 Å². The molecule has 33 heavy (non-hydrogen) atoms. The van der Waals surface area contributed by atoms with Gasteiger partial charge in [-0.1, -0.05) is 23.5 Å². The molecule has 10 nitrogen and oxygen atoms in total. The van der Waals surface area contributed by atoms with Gasteiger partial charge in [0, 0.05) is 37.1 Å². The molecular weight excluding hydrogens is 462 g/mol. The third kappa shape index (κ3) is 4.96. The smallest absolute Gasteiger partial charge is 0.320 e. The molecule has 0 bridgehead atoms. The number of nitrogen functional groups attached to an aromatic ring is 1. The second-order valence-corrected chi connectivity index (χ2v) is 9.27. The Morgan fingerprint density at radius 2 is 2.03 bits per heavy atom. The first-order valence-corrected chi connectivity index (χ1v) is 11.9. The van der Waals surface area contributed by atoms with E-state index in [2.05, 4.69) is 25.9 Å². The number of rotatable bonds is 5. The third-order valence-electron chi connectivity index (χ3n) is 5.19. The normalized spacial score (nSPS) is 15.3. The zero-order valence-electron chi connectivity index (χ0n) is 18.0. The zero-order valence-corrected chi connectivity index (χ0v) is 19.7. The molecule has 1 atom stereocenters. The van der Waals surface area contributed by atoms with Crippen molar-refractivity contribution in [2.24, 2.45) is 0 Å². The standard InChI is InChI=1S/C21H23N7O3S2/c1-11(29)28-8-4-7-15(28)18(30)24-13-6-3-5-12(9-13)14-10-32-19(25-14)16-17(22)26-21(33-16)27-20(31)23-2/h3,5-6,9-10,15H,4,7-8,22H2,1-2H3,(H,24,30)(H2,23,26,27,31). The summed E-state index contributed by atoms with van der Waals surface area (Å²) in [7, 11) is 1.52. The molecule has 0 saturated carbocycles. The van der Waals surface area contributed by atoms with Crippen molar-refractivity contribution in [3.05, 3.63) is 29.6 Å². The van der Waals surface area contributed by atoms with Crippen molar-refractivity contribution in [2.45, 2.75) is 25.8 Å². The van der Waals surface area contributed by atoms with Gasteiger partial charge in [0.1, 0.15) is 21.7 Å². The van der Waals surface area contributed by atoms with Gasteiger partial charge in [0.05, 0.1) is 5.69 Å². The van der Waals surface area contributed by atoms with E-state index in [0.717, 1.165) is 17.7 Å². The number of likely N-dealkylation sites (tertiary alicyclic amines) is 1. The number of thiazole rings is 2. The van der Waals surface area contributed by atoms with Crippen molar-refractivity contribution in [3.63, 3.8) is 0 Å². The predicted molar refractivity (Wildman–Crippen MR) is 130 cm³/mol. The number of amides is 4. The van der Waals surface area contributed by atoms with Crippen LogP contribution in [-0.2, 0) is 9.59 Å². The molecule has 3 heterocycles. The molecule has 2 aromatic heterocycles. The second kappa shape index (κ2) is 9.55. The van der Waals surface area contributed by atoms with E-state index < -0.39 is 6.04 Å². The van der Waals surface area contributed by atoms with Gasteiger partial charge >= 0.3 is 6.03 Å². The van der Waals surface area contributed by atoms with Crippen molar-refractivity contribution in [2.75, 3.05) is 30.0 Å². The summed E-state index contributed by atoms with van der Waals surface area (Å²) >= 11 is 2.66. The molecule has 0 spiro atoms. The molecule has 3 aromatic rings. The Morgan fingerprint density at radius 3 is 2.79 bits per heavy atom. The first-order chi connectivity index (χ1) is 15.9. The van der Waals surface area contributed by atoms with Gasteiger partial charge in [-0.2, -0.15) is 0 Å². The van der Waals surface area contributed by atoms with Crippen LogP contribution in [0.4, 0.5) is 21.4 Å². The van der Waals surface area contributed by atoms with E-state index in [1.807, 2.05) is 23.6 Å². The molecule has 1 unspecified atom stereocenters. The van der Waals surface area contributed by atoms with Crippen LogP contribution in [0.15, 0.2) is 29.6 Å². The van der Waals surface area contributed by atoms with Gasteiger partial charge in [0.15, 0.2) is 5.13 Å². The van der Waals surface area contributed by atoms with Crippen LogP contribution in [0.5, 0.6) is 0 Å². The molecule has 1 aromatic carbocycles. The van der Waals surface area contributed by atoms with Crippen molar-refractivity contribution < 1.29 is 14.4 Å². The number of carbonyl (C=O) groups excluding carboxylic acids is 3. The predicted octanol–water partition coefficient (Wildman–Crippen LogP) is 3.22. The SMILES string of the molecule is CNC(=O)Nc1nc(N)c(-c2nc(-c3cccc(NC(=O)C4CCCN4C(C)=O)c3)cs2)s1. The molecule has 0 radical (unpaired) electrons. The highest BCUT2D eigenvalue weighted by Crippen LogP contribution is 2.38. The number of nitrogens with two attached hydrogens (primary N) is 1. The van der Waals surface area contributed by atoms with Crippen molar-refractivity contribution >= 4 is 57.2 Å². The van der Waals surface area contributed by atoms with E-state index in [9.17, 15) is 14.4 Å². The Bertz CT molecular complexity index is 1210. The van der Waals surface area contributed by atoms with Gasteiger partial charge in [-0.15, -0.1) is 11.3 Å². The molecule has 4 amide bonds. The van der Waals surface area contributed by atoms with Gasteiger partial charge in [-0.25, -0.2) is 14.8 Å². The zero-order chi connectivity index (χ0) is 23.5. The van der Waals surface area contributed by atoms with Gasteiger partial charge < -0.3 is 21.3 Å². The van der Waals surface area contributed by atoms with Crippen LogP contribution in [-0.4, -0.2) is 52.3 Å². The number of benzene rings is 1. The van der Waals surface area contributed by atoms with Gasteiger partial charge in [-0.05, 0) is 25.0 Å². The van der Waals surface area contributed by atoms with Crippen molar-refractivity contribution in [1.29, 1.82) is 0 Å². The summed E-state index contributed by atoms with van der Waals surface area (Å²) in [6.07, 6.45) is 1.48. The lowest BCUT2D eigenvalue weighted by Crippen LogP contribution is -2.42. The number of nitrogens with zero attached hydrogens (tertiary/aromatic N) is 3. The van der Waals surface area contributed by atoms with E-state index in [1.54, 1.807) is 11.0 Å². The maximum atomic E-state index is 12.7. The van der Waals surface area contributed by atoms with Gasteiger partial charge in [0.2, 0.25) is 11.8 Å². The van der Waals surface area contributed by atoms with Crippen LogP contribution in [0, 0.1) is 0 Å². The van der Waals surface area contributed by atoms with Crippen molar-refractivity contribution in [3.8, 4) is 21.1 Å². The summed E-state index contributed by atoms with van der Waals surface area (Å²) in [5.41, 5.74) is 8.22. The fraction of sp³-hybridized carbons (Fsp3) is 0.286. The minimum Gasteiger partial charge on any atom is -0.382 e.